The van der Waals surface area contributed by atoms with Crippen molar-refractivity contribution in [1.82, 2.24) is 0 Å². The maximum Gasteiger partial charge on any atom is 0.141 e. The Morgan fingerprint density at radius 2 is 2.20 bits per heavy atom. The van der Waals surface area contributed by atoms with Crippen molar-refractivity contribution in [2.45, 2.75) is 6.92 Å². The first-order valence-corrected chi connectivity index (χ1v) is 2.93. The van der Waals surface area contributed by atoms with Crippen molar-refractivity contribution in [1.29, 1.82) is 0 Å². The van der Waals surface area contributed by atoms with Crippen LogP contribution in [0.15, 0.2) is 34.3 Å². The summed E-state index contributed by atoms with van der Waals surface area (Å²) in [6.45, 7) is 5.36. The summed E-state index contributed by atoms with van der Waals surface area (Å²) in [6.07, 6.45) is 1.60. The Balaban J connectivity index is 4.42. The molecular formula is C7H12N2O. The van der Waals surface area contributed by atoms with Gasteiger partial charge >= 0.3 is 0 Å². The monoisotopic (exact) mass is 140 g/mol. The highest BCUT2D eigenvalue weighted by atomic mass is 16.5. The van der Waals surface area contributed by atoms with Gasteiger partial charge in [-0.25, -0.2) is 0 Å². The van der Waals surface area contributed by atoms with Crippen molar-refractivity contribution < 1.29 is 4.74 Å². The fourth-order valence-corrected chi connectivity index (χ4v) is 0.578. The van der Waals surface area contributed by atoms with Gasteiger partial charge in [-0.1, -0.05) is 6.58 Å². The van der Waals surface area contributed by atoms with Crippen LogP contribution in [-0.2, 0) is 4.74 Å². The highest BCUT2D eigenvalue weighted by molar-refractivity contribution is 5.14. The molecule has 0 bridgehead atoms. The quantitative estimate of drug-likeness (QED) is 0.336. The first kappa shape index (κ1) is 8.88. The van der Waals surface area contributed by atoms with E-state index < -0.39 is 0 Å². The Hall–Kier alpha value is -1.12. The third-order valence-electron chi connectivity index (χ3n) is 1.01. The molecule has 0 amide bonds. The second-order valence-electron chi connectivity index (χ2n) is 1.66. The highest BCUT2D eigenvalue weighted by Gasteiger charge is 1.93. The van der Waals surface area contributed by atoms with Crippen molar-refractivity contribution >= 4 is 0 Å². The highest BCUT2D eigenvalue weighted by Crippen LogP contribution is 2.06. The molecule has 0 aromatic rings. The van der Waals surface area contributed by atoms with Crippen LogP contribution in [0.2, 0.25) is 0 Å². The number of nitrogens with zero attached hydrogens (tertiary/aromatic N) is 2. The maximum atomic E-state index is 4.92. The van der Waals surface area contributed by atoms with Gasteiger partial charge in [0.05, 0.1) is 7.11 Å². The molecule has 0 radical (unpaired) electrons. The molecule has 0 fully saturated rings. The second-order valence-corrected chi connectivity index (χ2v) is 1.66. The van der Waals surface area contributed by atoms with E-state index >= 15 is 0 Å². The molecule has 0 saturated heterocycles. The molecule has 3 heteroatoms. The van der Waals surface area contributed by atoms with Crippen molar-refractivity contribution in [2.24, 2.45) is 10.2 Å². The van der Waals surface area contributed by atoms with Gasteiger partial charge in [-0.2, -0.15) is 10.2 Å². The van der Waals surface area contributed by atoms with Gasteiger partial charge in [0, 0.05) is 7.05 Å². The molecule has 56 valence electrons. The lowest BCUT2D eigenvalue weighted by molar-refractivity contribution is 0.301. The predicted molar refractivity (Wildman–Crippen MR) is 40.7 cm³/mol. The zero-order chi connectivity index (χ0) is 7.98. The van der Waals surface area contributed by atoms with E-state index in [1.165, 1.54) is 0 Å². The third-order valence-corrected chi connectivity index (χ3v) is 1.01. The van der Waals surface area contributed by atoms with Crippen LogP contribution in [-0.4, -0.2) is 14.2 Å². The number of hydrogen-bond acceptors (Lipinski definition) is 3. The van der Waals surface area contributed by atoms with Crippen LogP contribution in [0.3, 0.4) is 0 Å². The molecule has 0 aliphatic carbocycles. The lowest BCUT2D eigenvalue weighted by Gasteiger charge is -1.99. The van der Waals surface area contributed by atoms with Crippen molar-refractivity contribution in [3.8, 4) is 0 Å². The van der Waals surface area contributed by atoms with E-state index in [1.807, 2.05) is 6.92 Å². The minimum atomic E-state index is 0.658. The number of methoxy groups -OCH3 is 1. The summed E-state index contributed by atoms with van der Waals surface area (Å²) in [5, 5.41) is 7.37. The lowest BCUT2D eigenvalue weighted by atomic mass is 10.4. The fraction of sp³-hybridized carbons (Fsp3) is 0.429. The van der Waals surface area contributed by atoms with Crippen molar-refractivity contribution in [2.75, 3.05) is 14.2 Å². The van der Waals surface area contributed by atoms with E-state index in [1.54, 1.807) is 20.2 Å². The largest absolute Gasteiger partial charge is 0.495 e. The molecule has 0 aromatic heterocycles. The molecule has 0 heterocycles. The van der Waals surface area contributed by atoms with Crippen LogP contribution in [0, 0.1) is 0 Å². The maximum absolute atomic E-state index is 4.92. The molecule has 0 aromatic carbocycles. The van der Waals surface area contributed by atoms with Crippen LogP contribution < -0.4 is 0 Å². The summed E-state index contributed by atoms with van der Waals surface area (Å²) in [6, 6.07) is 0. The van der Waals surface area contributed by atoms with Gasteiger partial charge in [-0.05, 0) is 13.0 Å². The molecule has 0 atom stereocenters. The molecule has 0 aliphatic rings. The number of allylic oxidation sites excluding steroid dienone is 2. The Labute approximate surface area is 61.1 Å². The first-order valence-electron chi connectivity index (χ1n) is 2.93. The minimum absolute atomic E-state index is 0.658. The molecule has 0 aliphatic heterocycles. The topological polar surface area (TPSA) is 34.0 Å². The molecule has 0 rings (SSSR count). The van der Waals surface area contributed by atoms with Gasteiger partial charge in [0.2, 0.25) is 0 Å². The van der Waals surface area contributed by atoms with E-state index in [4.69, 9.17) is 4.74 Å². The van der Waals surface area contributed by atoms with E-state index in [2.05, 4.69) is 16.8 Å². The summed E-state index contributed by atoms with van der Waals surface area (Å²) in [5.74, 6) is 0.658. The van der Waals surface area contributed by atoms with Gasteiger partial charge in [-0.15, -0.1) is 0 Å². The molecule has 0 saturated carbocycles. The van der Waals surface area contributed by atoms with E-state index in [-0.39, 0.29) is 0 Å². The standard InChI is InChI=1S/C7H12N2O/c1-5-7(10-4)6(2)9-8-3/h5H,1H2,2-4H3/b7-6+,9-8-. The number of rotatable bonds is 3. The Bertz CT molecular complexity index is 170. The SMILES string of the molecule is C=C/C(OC)=C(C)\N=N/C. The van der Waals surface area contributed by atoms with Gasteiger partial charge in [0.15, 0.2) is 0 Å². The summed E-state index contributed by atoms with van der Waals surface area (Å²) < 4.78 is 4.92. The molecule has 0 spiro atoms. The normalized spacial score (nSPS) is 13.1. The Morgan fingerprint density at radius 1 is 1.60 bits per heavy atom. The smallest absolute Gasteiger partial charge is 0.141 e. The van der Waals surface area contributed by atoms with Crippen LogP contribution in [0.4, 0.5) is 0 Å². The Kier molecular flexibility index (Phi) is 4.20. The summed E-state index contributed by atoms with van der Waals surface area (Å²) in [5.41, 5.74) is 0.736. The second kappa shape index (κ2) is 4.73. The number of ether oxygens (including phenoxy) is 1. The van der Waals surface area contributed by atoms with Gasteiger partial charge < -0.3 is 4.74 Å². The van der Waals surface area contributed by atoms with Crippen LogP contribution >= 0.6 is 0 Å². The van der Waals surface area contributed by atoms with E-state index in [0.717, 1.165) is 5.70 Å². The number of hydrogen-bond donors (Lipinski definition) is 0. The molecule has 10 heavy (non-hydrogen) atoms. The summed E-state index contributed by atoms with van der Waals surface area (Å²) in [4.78, 5) is 0. The van der Waals surface area contributed by atoms with Crippen molar-refractivity contribution in [3.05, 3.63) is 24.1 Å². The Morgan fingerprint density at radius 3 is 2.50 bits per heavy atom. The van der Waals surface area contributed by atoms with E-state index in [9.17, 15) is 0 Å². The van der Waals surface area contributed by atoms with Gasteiger partial charge in [0.1, 0.15) is 11.5 Å². The van der Waals surface area contributed by atoms with Gasteiger partial charge in [-0.3, -0.25) is 0 Å². The molecule has 0 N–H and O–H groups in total. The first-order chi connectivity index (χ1) is 4.76. The van der Waals surface area contributed by atoms with Crippen LogP contribution in [0.25, 0.3) is 0 Å². The molecule has 0 unspecified atom stereocenters. The minimum Gasteiger partial charge on any atom is -0.495 e. The fourth-order valence-electron chi connectivity index (χ4n) is 0.578. The lowest BCUT2D eigenvalue weighted by Crippen LogP contribution is -1.84. The van der Waals surface area contributed by atoms with Crippen LogP contribution in [0.5, 0.6) is 0 Å². The predicted octanol–water partition coefficient (Wildman–Crippen LogP) is 2.13. The third kappa shape index (κ3) is 2.44. The molecule has 3 nitrogen and oxygen atoms in total. The zero-order valence-electron chi connectivity index (χ0n) is 6.59. The average Bonchev–Trinajstić information content (AvgIpc) is 1.91. The number of azo groups is 1. The molecular weight excluding hydrogens is 128 g/mol. The zero-order valence-corrected chi connectivity index (χ0v) is 6.59. The van der Waals surface area contributed by atoms with Crippen LogP contribution in [0.1, 0.15) is 6.92 Å². The summed E-state index contributed by atoms with van der Waals surface area (Å²) in [7, 11) is 3.19. The average molecular weight is 140 g/mol. The van der Waals surface area contributed by atoms with Gasteiger partial charge in [0.25, 0.3) is 0 Å². The van der Waals surface area contributed by atoms with E-state index in [0.29, 0.717) is 5.76 Å². The van der Waals surface area contributed by atoms with Crippen molar-refractivity contribution in [3.63, 3.8) is 0 Å². The summed E-state index contributed by atoms with van der Waals surface area (Å²) >= 11 is 0.